The first-order valence-corrected chi connectivity index (χ1v) is 12.0. The van der Waals surface area contributed by atoms with Crippen molar-refractivity contribution in [3.05, 3.63) is 69.2 Å². The van der Waals surface area contributed by atoms with E-state index in [0.29, 0.717) is 41.5 Å². The summed E-state index contributed by atoms with van der Waals surface area (Å²) >= 11 is 12.3. The molecule has 1 fully saturated rings. The van der Waals surface area contributed by atoms with Gasteiger partial charge in [0.2, 0.25) is 5.95 Å². The third kappa shape index (κ3) is 5.11. The highest BCUT2D eigenvalue weighted by molar-refractivity contribution is 6.42. The summed E-state index contributed by atoms with van der Waals surface area (Å²) in [4.78, 5) is 24.2. The van der Waals surface area contributed by atoms with Gasteiger partial charge < -0.3 is 20.3 Å². The molecule has 2 aromatic heterocycles. The Morgan fingerprint density at radius 1 is 1.21 bits per heavy atom. The van der Waals surface area contributed by atoms with Gasteiger partial charge in [-0.3, -0.25) is 5.10 Å². The normalized spacial score (nSPS) is 17.2. The van der Waals surface area contributed by atoms with Crippen LogP contribution in [-0.4, -0.2) is 56.9 Å². The van der Waals surface area contributed by atoms with Crippen LogP contribution < -0.4 is 10.6 Å². The molecule has 3 aromatic rings. The van der Waals surface area contributed by atoms with Gasteiger partial charge in [0.05, 0.1) is 34.0 Å². The quantitative estimate of drug-likeness (QED) is 0.488. The van der Waals surface area contributed by atoms with E-state index in [-0.39, 0.29) is 6.03 Å². The topological polar surface area (TPSA) is 108 Å². The van der Waals surface area contributed by atoms with Gasteiger partial charge in [0.1, 0.15) is 0 Å². The standard InChI is InChI=1S/C23H25Cl2N7O2/c24-17-2-1-14(11-18(17)25)21(19-3-7-27-31-19)30-23(33)32-8-4-15-12-26-22(29-20(15)13-32)28-16-5-9-34-10-6-16/h1-3,7,11-12,16,21H,4-6,8-10,13H2,(H,27,31)(H,30,33)(H,26,28,29)/t21-/m0/s1. The molecule has 1 atom stereocenters. The number of amides is 2. The second kappa shape index (κ2) is 10.2. The number of aromatic amines is 1. The van der Waals surface area contributed by atoms with Gasteiger partial charge in [-0.1, -0.05) is 29.3 Å². The zero-order valence-electron chi connectivity index (χ0n) is 18.4. The van der Waals surface area contributed by atoms with E-state index in [1.807, 2.05) is 18.3 Å². The summed E-state index contributed by atoms with van der Waals surface area (Å²) in [5.41, 5.74) is 3.47. The Balaban J connectivity index is 1.30. The van der Waals surface area contributed by atoms with Gasteiger partial charge in [-0.05, 0) is 48.6 Å². The molecule has 34 heavy (non-hydrogen) atoms. The summed E-state index contributed by atoms with van der Waals surface area (Å²) in [5, 5.41) is 14.4. The first-order valence-electron chi connectivity index (χ1n) is 11.3. The number of carbonyl (C=O) groups excluding carboxylic acids is 1. The summed E-state index contributed by atoms with van der Waals surface area (Å²) in [6.45, 7) is 2.47. The predicted octanol–water partition coefficient (Wildman–Crippen LogP) is 3.95. The Labute approximate surface area is 207 Å². The van der Waals surface area contributed by atoms with Crippen LogP contribution >= 0.6 is 23.2 Å². The fourth-order valence-electron chi connectivity index (χ4n) is 4.25. The highest BCUT2D eigenvalue weighted by atomic mass is 35.5. The van der Waals surface area contributed by atoms with Crippen molar-refractivity contribution in [3.63, 3.8) is 0 Å². The van der Waals surface area contributed by atoms with Crippen molar-refractivity contribution in [1.82, 2.24) is 30.4 Å². The maximum absolute atomic E-state index is 13.3. The average Bonchev–Trinajstić information content (AvgIpc) is 3.39. The summed E-state index contributed by atoms with van der Waals surface area (Å²) in [6, 6.07) is 6.78. The van der Waals surface area contributed by atoms with Crippen LogP contribution in [0.15, 0.2) is 36.7 Å². The van der Waals surface area contributed by atoms with E-state index in [1.165, 1.54) is 0 Å². The first kappa shape index (κ1) is 22.9. The van der Waals surface area contributed by atoms with Crippen molar-refractivity contribution in [2.45, 2.75) is 37.9 Å². The van der Waals surface area contributed by atoms with Gasteiger partial charge >= 0.3 is 6.03 Å². The Morgan fingerprint density at radius 3 is 2.82 bits per heavy atom. The minimum absolute atomic E-state index is 0.200. The van der Waals surface area contributed by atoms with Crippen molar-refractivity contribution < 1.29 is 9.53 Å². The van der Waals surface area contributed by atoms with Gasteiger partial charge in [0, 0.05) is 38.2 Å². The summed E-state index contributed by atoms with van der Waals surface area (Å²) < 4.78 is 5.42. The molecule has 0 aliphatic carbocycles. The second-order valence-corrected chi connectivity index (χ2v) is 9.25. The zero-order valence-corrected chi connectivity index (χ0v) is 19.9. The molecule has 0 radical (unpaired) electrons. The van der Waals surface area contributed by atoms with Crippen LogP contribution in [0.25, 0.3) is 0 Å². The zero-order chi connectivity index (χ0) is 23.5. The van der Waals surface area contributed by atoms with E-state index in [4.69, 9.17) is 32.9 Å². The number of ether oxygens (including phenoxy) is 1. The molecule has 0 unspecified atom stereocenters. The number of H-pyrrole nitrogens is 1. The molecule has 0 bridgehead atoms. The van der Waals surface area contributed by atoms with Crippen LogP contribution in [0.4, 0.5) is 10.7 Å². The van der Waals surface area contributed by atoms with Crippen molar-refractivity contribution in [1.29, 1.82) is 0 Å². The van der Waals surface area contributed by atoms with E-state index in [2.05, 4.69) is 25.8 Å². The van der Waals surface area contributed by atoms with Crippen molar-refractivity contribution in [2.24, 2.45) is 0 Å². The number of aromatic nitrogens is 4. The Morgan fingerprint density at radius 2 is 2.06 bits per heavy atom. The maximum atomic E-state index is 13.3. The van der Waals surface area contributed by atoms with E-state index in [1.54, 1.807) is 23.2 Å². The summed E-state index contributed by atoms with van der Waals surface area (Å²) in [7, 11) is 0. The third-order valence-corrected chi connectivity index (χ3v) is 6.90. The molecule has 3 N–H and O–H groups in total. The van der Waals surface area contributed by atoms with E-state index in [0.717, 1.165) is 48.6 Å². The Bertz CT molecular complexity index is 1150. The largest absolute Gasteiger partial charge is 0.381 e. The minimum atomic E-state index is -0.456. The smallest absolute Gasteiger partial charge is 0.318 e. The molecule has 4 heterocycles. The average molecular weight is 502 g/mol. The Hall–Kier alpha value is -2.88. The highest BCUT2D eigenvalue weighted by Gasteiger charge is 2.27. The maximum Gasteiger partial charge on any atom is 0.318 e. The number of halogens is 2. The lowest BCUT2D eigenvalue weighted by atomic mass is 10.0. The number of benzene rings is 1. The molecule has 1 saturated heterocycles. The molecule has 0 spiro atoms. The fraction of sp³-hybridized carbons (Fsp3) is 0.391. The Kier molecular flexibility index (Phi) is 6.85. The van der Waals surface area contributed by atoms with E-state index < -0.39 is 6.04 Å². The molecule has 2 aliphatic rings. The monoisotopic (exact) mass is 501 g/mol. The highest BCUT2D eigenvalue weighted by Crippen LogP contribution is 2.29. The van der Waals surface area contributed by atoms with Crippen LogP contribution in [0.1, 0.15) is 41.4 Å². The number of hydrogen-bond acceptors (Lipinski definition) is 6. The second-order valence-electron chi connectivity index (χ2n) is 8.44. The lowest BCUT2D eigenvalue weighted by Gasteiger charge is -2.30. The molecule has 1 aromatic carbocycles. The molecular weight excluding hydrogens is 477 g/mol. The summed E-state index contributed by atoms with van der Waals surface area (Å²) in [6.07, 6.45) is 6.06. The van der Waals surface area contributed by atoms with Crippen LogP contribution in [0.3, 0.4) is 0 Å². The van der Waals surface area contributed by atoms with Gasteiger partial charge in [0.15, 0.2) is 0 Å². The lowest BCUT2D eigenvalue weighted by molar-refractivity contribution is 0.0903. The van der Waals surface area contributed by atoms with Crippen LogP contribution in [0.5, 0.6) is 0 Å². The third-order valence-electron chi connectivity index (χ3n) is 6.17. The number of rotatable bonds is 5. The number of urea groups is 1. The van der Waals surface area contributed by atoms with Crippen LogP contribution in [0, 0.1) is 0 Å². The first-order chi connectivity index (χ1) is 16.6. The predicted molar refractivity (Wildman–Crippen MR) is 129 cm³/mol. The SMILES string of the molecule is O=C(N[C@@H](c1ccc(Cl)c(Cl)c1)c1ccn[nH]1)N1CCc2cnc(NC3CCOCC3)nc2C1. The van der Waals surface area contributed by atoms with Gasteiger partial charge in [-0.25, -0.2) is 14.8 Å². The number of nitrogens with zero attached hydrogens (tertiary/aromatic N) is 4. The molecule has 11 heteroatoms. The van der Waals surface area contributed by atoms with Crippen LogP contribution in [0.2, 0.25) is 10.0 Å². The number of fused-ring (bicyclic) bond motifs is 1. The number of hydrogen-bond donors (Lipinski definition) is 3. The minimum Gasteiger partial charge on any atom is -0.381 e. The summed E-state index contributed by atoms with van der Waals surface area (Å²) in [5.74, 6) is 0.596. The van der Waals surface area contributed by atoms with Crippen molar-refractivity contribution in [3.8, 4) is 0 Å². The molecular formula is C23H25Cl2N7O2. The number of carbonyl (C=O) groups is 1. The molecule has 2 aliphatic heterocycles. The molecule has 178 valence electrons. The molecule has 2 amide bonds. The van der Waals surface area contributed by atoms with Crippen LogP contribution in [-0.2, 0) is 17.7 Å². The van der Waals surface area contributed by atoms with Crippen molar-refractivity contribution >= 4 is 35.2 Å². The van der Waals surface area contributed by atoms with Crippen molar-refractivity contribution in [2.75, 3.05) is 25.1 Å². The molecule has 0 saturated carbocycles. The molecule has 9 nitrogen and oxygen atoms in total. The molecule has 5 rings (SSSR count). The van der Waals surface area contributed by atoms with E-state index in [9.17, 15) is 4.79 Å². The lowest BCUT2D eigenvalue weighted by Crippen LogP contribution is -2.44. The van der Waals surface area contributed by atoms with Gasteiger partial charge in [0.25, 0.3) is 0 Å². The number of anilines is 1. The van der Waals surface area contributed by atoms with Gasteiger partial charge in [-0.2, -0.15) is 5.10 Å². The van der Waals surface area contributed by atoms with E-state index >= 15 is 0 Å². The fourth-order valence-corrected chi connectivity index (χ4v) is 4.55. The van der Waals surface area contributed by atoms with Gasteiger partial charge in [-0.15, -0.1) is 0 Å². The number of nitrogens with one attached hydrogen (secondary N) is 3.